The van der Waals surface area contributed by atoms with E-state index in [1.807, 2.05) is 11.9 Å². The van der Waals surface area contributed by atoms with Crippen molar-refractivity contribution < 1.29 is 13.9 Å². The molecule has 1 aliphatic carbocycles. The molecule has 3 rings (SSSR count). The maximum Gasteiger partial charge on any atom is 0.434 e. The number of aromatic nitrogens is 2. The smallest absolute Gasteiger partial charge is 0.434 e. The quantitative estimate of drug-likeness (QED) is 0.816. The third kappa shape index (κ3) is 2.49. The minimum Gasteiger partial charge on any atom is -0.457 e. The Labute approximate surface area is 116 Å². The van der Waals surface area contributed by atoms with E-state index in [1.54, 1.807) is 0 Å². The number of carbonyl (C=O) groups excluding carboxylic acids is 1. The summed E-state index contributed by atoms with van der Waals surface area (Å²) >= 11 is 0. The molecule has 0 radical (unpaired) electrons. The zero-order valence-corrected chi connectivity index (χ0v) is 11.6. The molecule has 1 N–H and O–H groups in total. The minimum atomic E-state index is -0.547. The van der Waals surface area contributed by atoms with Crippen LogP contribution in [0, 0.1) is 5.92 Å². The molecule has 7 nitrogen and oxygen atoms in total. The van der Waals surface area contributed by atoms with Crippen molar-refractivity contribution in [3.63, 3.8) is 0 Å². The van der Waals surface area contributed by atoms with Crippen LogP contribution in [0.3, 0.4) is 0 Å². The Bertz CT molecular complexity index is 552. The third-order valence-corrected chi connectivity index (χ3v) is 4.30. The first-order valence-corrected chi connectivity index (χ1v) is 7.02. The zero-order chi connectivity index (χ0) is 14.2. The van der Waals surface area contributed by atoms with E-state index in [4.69, 9.17) is 9.15 Å². The van der Waals surface area contributed by atoms with Crippen molar-refractivity contribution >= 4 is 5.97 Å². The van der Waals surface area contributed by atoms with Crippen LogP contribution in [0.25, 0.3) is 0 Å². The molecule has 110 valence electrons. The van der Waals surface area contributed by atoms with Crippen molar-refractivity contribution in [2.24, 2.45) is 5.92 Å². The number of hydrogen-bond acceptors (Lipinski definition) is 6. The largest absolute Gasteiger partial charge is 0.457 e. The number of H-pyrrole nitrogens is 1. The summed E-state index contributed by atoms with van der Waals surface area (Å²) in [6.07, 6.45) is 4.76. The van der Waals surface area contributed by atoms with Crippen molar-refractivity contribution in [2.75, 3.05) is 13.6 Å². The van der Waals surface area contributed by atoms with Gasteiger partial charge in [-0.1, -0.05) is 6.42 Å². The third-order valence-electron chi connectivity index (χ3n) is 4.30. The number of fused-ring (bicyclic) bond motifs is 1. The van der Waals surface area contributed by atoms with Crippen LogP contribution in [0.2, 0.25) is 0 Å². The van der Waals surface area contributed by atoms with Gasteiger partial charge in [0.25, 0.3) is 0 Å². The van der Waals surface area contributed by atoms with Crippen LogP contribution in [0.1, 0.15) is 38.0 Å². The van der Waals surface area contributed by atoms with Crippen molar-refractivity contribution in [2.45, 2.75) is 44.2 Å². The Kier molecular flexibility index (Phi) is 3.37. The van der Waals surface area contributed by atoms with Crippen LogP contribution in [-0.2, 0) is 16.1 Å². The van der Waals surface area contributed by atoms with E-state index in [1.165, 1.54) is 6.42 Å². The van der Waals surface area contributed by atoms with E-state index in [2.05, 4.69) is 10.2 Å². The standard InChI is InChI=1S/C13H19N3O4/c1-16(7-10-14-15-12(18)19-10)8-13-5-3-2-4-9(13)6-11(17)20-13/h9H,2-8H2,1H3,(H,15,18)/t9-,13+/m0/s1. The average Bonchev–Trinajstić information content (AvgIpc) is 2.91. The van der Waals surface area contributed by atoms with E-state index in [0.717, 1.165) is 19.3 Å². The summed E-state index contributed by atoms with van der Waals surface area (Å²) in [4.78, 5) is 24.5. The summed E-state index contributed by atoms with van der Waals surface area (Å²) in [5.74, 6) is 0.0361. The lowest BCUT2D eigenvalue weighted by Gasteiger charge is -2.39. The van der Waals surface area contributed by atoms with Gasteiger partial charge in [-0.3, -0.25) is 9.69 Å². The first-order valence-electron chi connectivity index (χ1n) is 7.02. The lowest BCUT2D eigenvalue weighted by atomic mass is 9.75. The van der Waals surface area contributed by atoms with Gasteiger partial charge in [0.05, 0.1) is 13.0 Å². The first-order chi connectivity index (χ1) is 9.57. The van der Waals surface area contributed by atoms with Crippen molar-refractivity contribution in [1.82, 2.24) is 15.1 Å². The second kappa shape index (κ2) is 5.05. The molecule has 0 bridgehead atoms. The number of rotatable bonds is 4. The van der Waals surface area contributed by atoms with Crippen LogP contribution in [0.15, 0.2) is 9.21 Å². The van der Waals surface area contributed by atoms with Gasteiger partial charge < -0.3 is 9.15 Å². The second-order valence-electron chi connectivity index (χ2n) is 5.86. The Morgan fingerprint density at radius 1 is 1.45 bits per heavy atom. The molecule has 1 aliphatic heterocycles. The Morgan fingerprint density at radius 3 is 3.05 bits per heavy atom. The molecule has 1 aromatic heterocycles. The fourth-order valence-corrected chi connectivity index (χ4v) is 3.49. The summed E-state index contributed by atoms with van der Waals surface area (Å²) in [7, 11) is 1.92. The number of nitrogens with one attached hydrogen (secondary N) is 1. The normalized spacial score (nSPS) is 29.5. The molecule has 0 amide bonds. The monoisotopic (exact) mass is 281 g/mol. The van der Waals surface area contributed by atoms with Gasteiger partial charge in [0, 0.05) is 12.5 Å². The van der Waals surface area contributed by atoms with Gasteiger partial charge in [0.15, 0.2) is 0 Å². The molecular formula is C13H19N3O4. The number of carbonyl (C=O) groups is 1. The van der Waals surface area contributed by atoms with Crippen LogP contribution < -0.4 is 5.76 Å². The van der Waals surface area contributed by atoms with Gasteiger partial charge in [-0.05, 0) is 26.3 Å². The van der Waals surface area contributed by atoms with Gasteiger partial charge in [-0.25, -0.2) is 9.89 Å². The molecule has 2 heterocycles. The highest BCUT2D eigenvalue weighted by Gasteiger charge is 2.50. The Balaban J connectivity index is 1.68. The number of esters is 1. The molecule has 2 atom stereocenters. The highest BCUT2D eigenvalue weighted by molar-refractivity contribution is 5.73. The van der Waals surface area contributed by atoms with Crippen LogP contribution in [0.5, 0.6) is 0 Å². The molecule has 0 unspecified atom stereocenters. The maximum atomic E-state index is 11.6. The minimum absolute atomic E-state index is 0.0865. The van der Waals surface area contributed by atoms with Gasteiger partial charge in [-0.15, -0.1) is 5.10 Å². The second-order valence-corrected chi connectivity index (χ2v) is 5.86. The number of likely N-dealkylation sites (N-methyl/N-ethyl adjacent to an activating group) is 1. The lowest BCUT2D eigenvalue weighted by Crippen LogP contribution is -2.47. The zero-order valence-electron chi connectivity index (χ0n) is 11.6. The molecule has 1 saturated carbocycles. The van der Waals surface area contributed by atoms with Crippen LogP contribution >= 0.6 is 0 Å². The summed E-state index contributed by atoms with van der Waals surface area (Å²) in [5, 5.41) is 6.04. The van der Waals surface area contributed by atoms with E-state index < -0.39 is 5.76 Å². The highest BCUT2D eigenvalue weighted by atomic mass is 16.6. The summed E-state index contributed by atoms with van der Waals surface area (Å²) in [6, 6.07) is 0. The molecular weight excluding hydrogens is 262 g/mol. The summed E-state index contributed by atoms with van der Waals surface area (Å²) < 4.78 is 10.6. The summed E-state index contributed by atoms with van der Waals surface area (Å²) in [6.45, 7) is 1.07. The molecule has 1 aromatic rings. The summed E-state index contributed by atoms with van der Waals surface area (Å²) in [5.41, 5.74) is -0.360. The van der Waals surface area contributed by atoms with Crippen molar-refractivity contribution in [3.05, 3.63) is 16.4 Å². The Hall–Kier alpha value is -1.63. The van der Waals surface area contributed by atoms with Gasteiger partial charge in [0.1, 0.15) is 5.60 Å². The van der Waals surface area contributed by atoms with Crippen LogP contribution in [0.4, 0.5) is 0 Å². The molecule has 7 heteroatoms. The molecule has 20 heavy (non-hydrogen) atoms. The molecule has 2 fully saturated rings. The van der Waals surface area contributed by atoms with Gasteiger partial charge in [0.2, 0.25) is 5.89 Å². The van der Waals surface area contributed by atoms with E-state index in [9.17, 15) is 9.59 Å². The van der Waals surface area contributed by atoms with E-state index in [-0.39, 0.29) is 11.6 Å². The molecule has 2 aliphatic rings. The number of aromatic amines is 1. The predicted molar refractivity (Wildman–Crippen MR) is 68.9 cm³/mol. The van der Waals surface area contributed by atoms with E-state index >= 15 is 0 Å². The topological polar surface area (TPSA) is 88.4 Å². The predicted octanol–water partition coefficient (Wildman–Crippen LogP) is 0.671. The fourth-order valence-electron chi connectivity index (χ4n) is 3.49. The molecule has 0 spiro atoms. The molecule has 0 aromatic carbocycles. The Morgan fingerprint density at radius 2 is 2.30 bits per heavy atom. The van der Waals surface area contributed by atoms with E-state index in [0.29, 0.717) is 31.3 Å². The molecule has 1 saturated heterocycles. The average molecular weight is 281 g/mol. The van der Waals surface area contributed by atoms with Gasteiger partial charge in [-0.2, -0.15) is 0 Å². The van der Waals surface area contributed by atoms with Crippen molar-refractivity contribution in [1.29, 1.82) is 0 Å². The van der Waals surface area contributed by atoms with Crippen molar-refractivity contribution in [3.8, 4) is 0 Å². The SMILES string of the molecule is CN(Cc1n[nH]c(=O)o1)C[C@]12CCCC[C@H]1CC(=O)O2. The van der Waals surface area contributed by atoms with Gasteiger partial charge >= 0.3 is 11.7 Å². The maximum absolute atomic E-state index is 11.6. The highest BCUT2D eigenvalue weighted by Crippen LogP contribution is 2.44. The first kappa shape index (κ1) is 13.4. The number of ether oxygens (including phenoxy) is 1. The fraction of sp³-hybridized carbons (Fsp3) is 0.769. The lowest BCUT2D eigenvalue weighted by molar-refractivity contribution is -0.153. The number of hydrogen-bond donors (Lipinski definition) is 1. The number of nitrogens with zero attached hydrogens (tertiary/aromatic N) is 2. The van der Waals surface area contributed by atoms with Crippen LogP contribution in [-0.4, -0.2) is 40.3 Å².